The highest BCUT2D eigenvalue weighted by atomic mass is 32.2. The van der Waals surface area contributed by atoms with Gasteiger partial charge in [-0.15, -0.1) is 0 Å². The summed E-state index contributed by atoms with van der Waals surface area (Å²) in [5.74, 6) is -0.0853. The number of quaternary nitrogens is 1. The maximum absolute atomic E-state index is 12.9. The molecule has 2 aromatic carbocycles. The summed E-state index contributed by atoms with van der Waals surface area (Å²) in [5.41, 5.74) is 1.08. The zero-order valence-corrected chi connectivity index (χ0v) is 16.3. The van der Waals surface area contributed by atoms with Crippen molar-refractivity contribution in [2.24, 2.45) is 0 Å². The van der Waals surface area contributed by atoms with Gasteiger partial charge in [0, 0.05) is 12.7 Å². The van der Waals surface area contributed by atoms with Gasteiger partial charge in [0.1, 0.15) is 0 Å². The summed E-state index contributed by atoms with van der Waals surface area (Å²) in [4.78, 5) is 13.7. The van der Waals surface area contributed by atoms with Crippen molar-refractivity contribution in [1.82, 2.24) is 0 Å². The lowest BCUT2D eigenvalue weighted by molar-refractivity contribution is -0.896. The van der Waals surface area contributed by atoms with Crippen LogP contribution in [0.15, 0.2) is 59.5 Å². The van der Waals surface area contributed by atoms with Crippen LogP contribution < -0.4 is 14.5 Å². The number of rotatable bonds is 6. The lowest BCUT2D eigenvalue weighted by Gasteiger charge is -2.23. The molecule has 1 heterocycles. The second-order valence-electron chi connectivity index (χ2n) is 6.87. The average molecular weight is 389 g/mol. The van der Waals surface area contributed by atoms with Crippen LogP contribution in [0.2, 0.25) is 0 Å². The Bertz CT molecular complexity index is 878. The second-order valence-corrected chi connectivity index (χ2v) is 8.84. The Morgan fingerprint density at radius 3 is 2.44 bits per heavy atom. The van der Waals surface area contributed by atoms with Gasteiger partial charge in [-0.3, -0.25) is 9.10 Å². The highest BCUT2D eigenvalue weighted by molar-refractivity contribution is 7.92. The fourth-order valence-electron chi connectivity index (χ4n) is 3.33. The van der Waals surface area contributed by atoms with Crippen molar-refractivity contribution in [3.8, 4) is 0 Å². The number of likely N-dealkylation sites (tertiary alicyclic amines) is 1. The zero-order valence-electron chi connectivity index (χ0n) is 15.5. The summed E-state index contributed by atoms with van der Waals surface area (Å²) in [6.45, 7) is 2.45. The minimum atomic E-state index is -3.70. The number of amides is 1. The van der Waals surface area contributed by atoms with Crippen LogP contribution in [-0.4, -0.2) is 41.0 Å². The van der Waals surface area contributed by atoms with Crippen LogP contribution in [0.4, 0.5) is 11.4 Å². The molecule has 1 aliphatic heterocycles. The first kappa shape index (κ1) is 19.4. The number of nitrogens with zero attached hydrogens (tertiary/aromatic N) is 1. The Labute approximate surface area is 160 Å². The Balaban J connectivity index is 1.71. The van der Waals surface area contributed by atoms with Crippen LogP contribution >= 0.6 is 0 Å². The van der Waals surface area contributed by atoms with E-state index in [2.05, 4.69) is 5.32 Å². The molecule has 0 bridgehead atoms. The minimum absolute atomic E-state index is 0.0853. The third-order valence-electron chi connectivity index (χ3n) is 4.87. The van der Waals surface area contributed by atoms with Crippen molar-refractivity contribution >= 4 is 27.3 Å². The van der Waals surface area contributed by atoms with Crippen molar-refractivity contribution in [2.45, 2.75) is 24.2 Å². The van der Waals surface area contributed by atoms with Gasteiger partial charge < -0.3 is 10.2 Å². The number of hydrogen-bond donors (Lipinski definition) is 2. The van der Waals surface area contributed by atoms with Crippen molar-refractivity contribution < 1.29 is 18.1 Å². The Morgan fingerprint density at radius 2 is 1.74 bits per heavy atom. The zero-order chi connectivity index (χ0) is 19.3. The van der Waals surface area contributed by atoms with E-state index in [0.29, 0.717) is 17.9 Å². The summed E-state index contributed by atoms with van der Waals surface area (Å²) in [7, 11) is -2.18. The largest absolute Gasteiger partial charge is 0.327 e. The van der Waals surface area contributed by atoms with E-state index in [0.717, 1.165) is 25.9 Å². The van der Waals surface area contributed by atoms with Crippen molar-refractivity contribution in [2.75, 3.05) is 36.3 Å². The number of piperidine rings is 1. The number of para-hydroxylation sites is 1. The number of nitrogens with one attached hydrogen (secondary N) is 2. The van der Waals surface area contributed by atoms with E-state index in [1.54, 1.807) is 42.5 Å². The third-order valence-corrected chi connectivity index (χ3v) is 6.65. The van der Waals surface area contributed by atoms with Gasteiger partial charge >= 0.3 is 0 Å². The molecule has 0 saturated carbocycles. The molecule has 1 fully saturated rings. The van der Waals surface area contributed by atoms with Gasteiger partial charge in [-0.05, 0) is 49.6 Å². The molecule has 144 valence electrons. The van der Waals surface area contributed by atoms with E-state index >= 15 is 0 Å². The van der Waals surface area contributed by atoms with Gasteiger partial charge in [-0.2, -0.15) is 0 Å². The molecule has 0 spiro atoms. The highest BCUT2D eigenvalue weighted by Gasteiger charge is 2.22. The number of sulfonamides is 1. The number of anilines is 2. The van der Waals surface area contributed by atoms with Gasteiger partial charge in [0.15, 0.2) is 6.54 Å². The number of carbonyl (C=O) groups excluding carboxylic acids is 1. The molecule has 0 aromatic heterocycles. The van der Waals surface area contributed by atoms with Gasteiger partial charge in [0.05, 0.1) is 23.7 Å². The van der Waals surface area contributed by atoms with E-state index in [9.17, 15) is 13.2 Å². The Hall–Kier alpha value is -2.38. The Kier molecular flexibility index (Phi) is 6.13. The molecule has 27 heavy (non-hydrogen) atoms. The molecule has 1 saturated heterocycles. The molecule has 2 aromatic rings. The van der Waals surface area contributed by atoms with Crippen LogP contribution in [0, 0.1) is 0 Å². The van der Waals surface area contributed by atoms with Crippen LogP contribution in [0.25, 0.3) is 0 Å². The van der Waals surface area contributed by atoms with Gasteiger partial charge in [-0.25, -0.2) is 8.42 Å². The fraction of sp³-hybridized carbons (Fsp3) is 0.350. The third kappa shape index (κ3) is 4.87. The molecule has 7 heteroatoms. The van der Waals surface area contributed by atoms with E-state index < -0.39 is 10.0 Å². The van der Waals surface area contributed by atoms with Crippen molar-refractivity contribution in [1.29, 1.82) is 0 Å². The topological polar surface area (TPSA) is 70.9 Å². The quantitative estimate of drug-likeness (QED) is 0.788. The molecule has 1 aliphatic rings. The summed E-state index contributed by atoms with van der Waals surface area (Å²) in [6, 6.07) is 15.3. The standard InChI is InChI=1S/C20H25N3O3S/c1-22(18-10-4-2-5-11-18)27(25,26)19-12-8-9-17(15-19)21-20(24)16-23-13-6-3-7-14-23/h2,4-5,8-12,15H,3,6-7,13-14,16H2,1H3,(H,21,24)/p+1. The van der Waals surface area contributed by atoms with Crippen molar-refractivity contribution in [3.05, 3.63) is 54.6 Å². The maximum Gasteiger partial charge on any atom is 0.279 e. The summed E-state index contributed by atoms with van der Waals surface area (Å²) in [6.07, 6.45) is 3.55. The summed E-state index contributed by atoms with van der Waals surface area (Å²) >= 11 is 0. The molecular weight excluding hydrogens is 362 g/mol. The maximum atomic E-state index is 12.9. The van der Waals surface area contributed by atoms with Gasteiger partial charge in [-0.1, -0.05) is 24.3 Å². The average Bonchev–Trinajstić information content (AvgIpc) is 2.69. The molecule has 0 radical (unpaired) electrons. The number of carbonyl (C=O) groups is 1. The Morgan fingerprint density at radius 1 is 1.04 bits per heavy atom. The lowest BCUT2D eigenvalue weighted by atomic mass is 10.1. The van der Waals surface area contributed by atoms with E-state index in [4.69, 9.17) is 0 Å². The van der Waals surface area contributed by atoms with Gasteiger partial charge in [0.25, 0.3) is 15.9 Å². The van der Waals surface area contributed by atoms with Crippen LogP contribution in [-0.2, 0) is 14.8 Å². The molecule has 0 atom stereocenters. The summed E-state index contributed by atoms with van der Waals surface area (Å²) in [5, 5.41) is 2.84. The first-order valence-corrected chi connectivity index (χ1v) is 10.7. The second kappa shape index (κ2) is 8.54. The SMILES string of the molecule is CN(c1ccccc1)S(=O)(=O)c1cccc(NC(=O)C[NH+]2CCCCC2)c1. The van der Waals surface area contributed by atoms with Crippen LogP contribution in [0.1, 0.15) is 19.3 Å². The molecular formula is C20H26N3O3S+. The van der Waals surface area contributed by atoms with Crippen LogP contribution in [0.3, 0.4) is 0 Å². The molecule has 2 N–H and O–H groups in total. The molecule has 1 amide bonds. The smallest absolute Gasteiger partial charge is 0.279 e. The van der Waals surface area contributed by atoms with Crippen molar-refractivity contribution in [3.63, 3.8) is 0 Å². The lowest BCUT2D eigenvalue weighted by Crippen LogP contribution is -3.13. The van der Waals surface area contributed by atoms with E-state index in [1.807, 2.05) is 6.07 Å². The van der Waals surface area contributed by atoms with E-state index in [-0.39, 0.29) is 10.8 Å². The van der Waals surface area contributed by atoms with Crippen LogP contribution in [0.5, 0.6) is 0 Å². The van der Waals surface area contributed by atoms with Gasteiger partial charge in [0.2, 0.25) is 0 Å². The fourth-order valence-corrected chi connectivity index (χ4v) is 4.57. The molecule has 3 rings (SSSR count). The first-order chi connectivity index (χ1) is 13.0. The number of benzene rings is 2. The molecule has 0 aliphatic carbocycles. The highest BCUT2D eigenvalue weighted by Crippen LogP contribution is 2.23. The molecule has 0 unspecified atom stereocenters. The normalized spacial score (nSPS) is 15.3. The van der Waals surface area contributed by atoms with E-state index in [1.165, 1.54) is 28.7 Å². The summed E-state index contributed by atoms with van der Waals surface area (Å²) < 4.78 is 27.0. The predicted octanol–water partition coefficient (Wildman–Crippen LogP) is 1.52. The minimum Gasteiger partial charge on any atom is -0.327 e. The molecule has 6 nitrogen and oxygen atoms in total. The monoisotopic (exact) mass is 388 g/mol. The predicted molar refractivity (Wildman–Crippen MR) is 107 cm³/mol. The first-order valence-electron chi connectivity index (χ1n) is 9.24. The number of hydrogen-bond acceptors (Lipinski definition) is 3.